The highest BCUT2D eigenvalue weighted by Gasteiger charge is 2.22. The van der Waals surface area contributed by atoms with E-state index in [9.17, 15) is 4.79 Å². The van der Waals surface area contributed by atoms with E-state index in [2.05, 4.69) is 29.2 Å². The maximum Gasteiger partial charge on any atom is 0.253 e. The van der Waals surface area contributed by atoms with E-state index in [1.165, 1.54) is 5.56 Å². The molecule has 1 fully saturated rings. The summed E-state index contributed by atoms with van der Waals surface area (Å²) >= 11 is 0. The van der Waals surface area contributed by atoms with E-state index in [1.807, 2.05) is 65.6 Å². The molecule has 31 heavy (non-hydrogen) atoms. The third kappa shape index (κ3) is 6.09. The molecule has 0 saturated carbocycles. The lowest BCUT2D eigenvalue weighted by Crippen LogP contribution is -2.48. The van der Waals surface area contributed by atoms with Gasteiger partial charge < -0.3 is 14.4 Å². The Morgan fingerprint density at radius 3 is 1.84 bits per heavy atom. The summed E-state index contributed by atoms with van der Waals surface area (Å²) in [5.74, 6) is 1.65. The van der Waals surface area contributed by atoms with Crippen LogP contribution in [0.4, 0.5) is 0 Å². The van der Waals surface area contributed by atoms with E-state index in [0.717, 1.165) is 44.2 Å². The Morgan fingerprint density at radius 1 is 0.677 bits per heavy atom. The predicted molar refractivity (Wildman–Crippen MR) is 121 cm³/mol. The van der Waals surface area contributed by atoms with E-state index in [0.29, 0.717) is 18.8 Å². The first kappa shape index (κ1) is 20.9. The topological polar surface area (TPSA) is 42.0 Å². The Kier molecular flexibility index (Phi) is 7.19. The lowest BCUT2D eigenvalue weighted by Gasteiger charge is -2.34. The molecule has 1 amide bonds. The van der Waals surface area contributed by atoms with Crippen LogP contribution in [0.3, 0.4) is 0 Å². The van der Waals surface area contributed by atoms with Crippen LogP contribution in [0.2, 0.25) is 0 Å². The molecular weight excluding hydrogens is 388 g/mol. The Hall–Kier alpha value is -3.31. The Labute approximate surface area is 183 Å². The van der Waals surface area contributed by atoms with Crippen LogP contribution < -0.4 is 9.47 Å². The van der Waals surface area contributed by atoms with Crippen molar-refractivity contribution >= 4 is 5.91 Å². The van der Waals surface area contributed by atoms with Crippen molar-refractivity contribution in [1.29, 1.82) is 0 Å². The van der Waals surface area contributed by atoms with Crippen molar-refractivity contribution in [3.63, 3.8) is 0 Å². The van der Waals surface area contributed by atoms with Gasteiger partial charge in [-0.05, 0) is 42.0 Å². The molecule has 160 valence electrons. The number of carbonyl (C=O) groups excluding carboxylic acids is 1. The lowest BCUT2D eigenvalue weighted by molar-refractivity contribution is 0.0628. The fourth-order valence-corrected chi connectivity index (χ4v) is 3.66. The first-order chi connectivity index (χ1) is 15.3. The Morgan fingerprint density at radius 2 is 1.23 bits per heavy atom. The molecule has 0 N–H and O–H groups in total. The zero-order valence-electron chi connectivity index (χ0n) is 17.7. The number of benzene rings is 3. The van der Waals surface area contributed by atoms with Gasteiger partial charge in [-0.1, -0.05) is 48.5 Å². The average molecular weight is 417 g/mol. The van der Waals surface area contributed by atoms with Gasteiger partial charge in [0.25, 0.3) is 5.91 Å². The second-order valence-corrected chi connectivity index (χ2v) is 7.59. The first-order valence-electron chi connectivity index (χ1n) is 10.7. The molecule has 4 rings (SSSR count). The van der Waals surface area contributed by atoms with Gasteiger partial charge in [-0.2, -0.15) is 0 Å². The van der Waals surface area contributed by atoms with Crippen LogP contribution in [0, 0.1) is 0 Å². The van der Waals surface area contributed by atoms with Crippen LogP contribution in [-0.2, 0) is 6.54 Å². The van der Waals surface area contributed by atoms with Gasteiger partial charge in [-0.25, -0.2) is 0 Å². The molecule has 0 atom stereocenters. The third-order valence-corrected chi connectivity index (χ3v) is 5.37. The zero-order valence-corrected chi connectivity index (χ0v) is 17.7. The van der Waals surface area contributed by atoms with Crippen LogP contribution >= 0.6 is 0 Å². The minimum absolute atomic E-state index is 0.0818. The molecule has 0 unspecified atom stereocenters. The normalized spacial score (nSPS) is 14.3. The van der Waals surface area contributed by atoms with E-state index in [1.54, 1.807) is 0 Å². The Bertz CT molecular complexity index is 937. The molecular formula is C26H28N2O3. The van der Waals surface area contributed by atoms with Gasteiger partial charge in [-0.3, -0.25) is 9.69 Å². The largest absolute Gasteiger partial charge is 0.490 e. The molecule has 3 aromatic carbocycles. The van der Waals surface area contributed by atoms with Crippen molar-refractivity contribution in [1.82, 2.24) is 9.80 Å². The maximum atomic E-state index is 12.8. The Balaban J connectivity index is 1.20. The van der Waals surface area contributed by atoms with Crippen molar-refractivity contribution < 1.29 is 14.3 Å². The highest BCUT2D eigenvalue weighted by molar-refractivity contribution is 5.94. The van der Waals surface area contributed by atoms with E-state index >= 15 is 0 Å². The molecule has 5 heteroatoms. The number of nitrogens with zero attached hydrogens (tertiary/aromatic N) is 2. The number of para-hydroxylation sites is 1. The molecule has 0 aromatic heterocycles. The summed E-state index contributed by atoms with van der Waals surface area (Å²) in [7, 11) is 0. The number of piperazine rings is 1. The summed E-state index contributed by atoms with van der Waals surface area (Å²) in [6.45, 7) is 5.14. The van der Waals surface area contributed by atoms with Gasteiger partial charge in [0, 0.05) is 38.3 Å². The van der Waals surface area contributed by atoms with Gasteiger partial charge in [0.1, 0.15) is 24.7 Å². The third-order valence-electron chi connectivity index (χ3n) is 5.37. The molecule has 0 radical (unpaired) electrons. The smallest absolute Gasteiger partial charge is 0.253 e. The average Bonchev–Trinajstić information content (AvgIpc) is 2.84. The molecule has 0 bridgehead atoms. The van der Waals surface area contributed by atoms with Crippen molar-refractivity contribution in [2.75, 3.05) is 39.4 Å². The molecule has 3 aromatic rings. The molecule has 1 heterocycles. The SMILES string of the molecule is O=C(c1ccc(OCCOc2ccccc2)cc1)N1CCN(Cc2ccccc2)CC1. The highest BCUT2D eigenvalue weighted by atomic mass is 16.5. The monoisotopic (exact) mass is 416 g/mol. The van der Waals surface area contributed by atoms with Crippen LogP contribution in [0.15, 0.2) is 84.9 Å². The second-order valence-electron chi connectivity index (χ2n) is 7.59. The first-order valence-corrected chi connectivity index (χ1v) is 10.7. The quantitative estimate of drug-likeness (QED) is 0.519. The van der Waals surface area contributed by atoms with Gasteiger partial charge in [-0.15, -0.1) is 0 Å². The lowest BCUT2D eigenvalue weighted by atomic mass is 10.1. The number of carbonyl (C=O) groups is 1. The van der Waals surface area contributed by atoms with Gasteiger partial charge in [0.15, 0.2) is 0 Å². The van der Waals surface area contributed by atoms with Crippen molar-refractivity contribution in [3.8, 4) is 11.5 Å². The summed E-state index contributed by atoms with van der Waals surface area (Å²) in [6.07, 6.45) is 0. The summed E-state index contributed by atoms with van der Waals surface area (Å²) in [6, 6.07) is 27.5. The predicted octanol–water partition coefficient (Wildman–Crippen LogP) is 4.10. The molecule has 0 spiro atoms. The van der Waals surface area contributed by atoms with Gasteiger partial charge >= 0.3 is 0 Å². The van der Waals surface area contributed by atoms with E-state index in [4.69, 9.17) is 9.47 Å². The number of rotatable bonds is 8. The van der Waals surface area contributed by atoms with Crippen molar-refractivity contribution in [3.05, 3.63) is 96.1 Å². The van der Waals surface area contributed by atoms with Gasteiger partial charge in [0.05, 0.1) is 0 Å². The van der Waals surface area contributed by atoms with Crippen LogP contribution in [0.1, 0.15) is 15.9 Å². The number of amides is 1. The molecule has 0 aliphatic carbocycles. The summed E-state index contributed by atoms with van der Waals surface area (Å²) in [5.41, 5.74) is 2.01. The summed E-state index contributed by atoms with van der Waals surface area (Å²) in [5, 5.41) is 0. The minimum Gasteiger partial charge on any atom is -0.490 e. The minimum atomic E-state index is 0.0818. The number of ether oxygens (including phenoxy) is 2. The van der Waals surface area contributed by atoms with Crippen LogP contribution in [-0.4, -0.2) is 55.1 Å². The van der Waals surface area contributed by atoms with Gasteiger partial charge in [0.2, 0.25) is 0 Å². The second kappa shape index (κ2) is 10.6. The molecule has 5 nitrogen and oxygen atoms in total. The summed E-state index contributed by atoms with van der Waals surface area (Å²) in [4.78, 5) is 17.2. The van der Waals surface area contributed by atoms with E-state index in [-0.39, 0.29) is 5.91 Å². The number of hydrogen-bond donors (Lipinski definition) is 0. The fraction of sp³-hybridized carbons (Fsp3) is 0.269. The van der Waals surface area contributed by atoms with Crippen LogP contribution in [0.25, 0.3) is 0 Å². The highest BCUT2D eigenvalue weighted by Crippen LogP contribution is 2.16. The molecule has 1 aliphatic rings. The van der Waals surface area contributed by atoms with Crippen LogP contribution in [0.5, 0.6) is 11.5 Å². The van der Waals surface area contributed by atoms with E-state index < -0.39 is 0 Å². The van der Waals surface area contributed by atoms with Crippen molar-refractivity contribution in [2.45, 2.75) is 6.54 Å². The molecule has 1 aliphatic heterocycles. The summed E-state index contributed by atoms with van der Waals surface area (Å²) < 4.78 is 11.3. The van der Waals surface area contributed by atoms with Crippen molar-refractivity contribution in [2.24, 2.45) is 0 Å². The maximum absolute atomic E-state index is 12.8. The number of hydrogen-bond acceptors (Lipinski definition) is 4. The zero-order chi connectivity index (χ0) is 21.3. The fourth-order valence-electron chi connectivity index (χ4n) is 3.66. The molecule has 1 saturated heterocycles. The standard InChI is InChI=1S/C26H28N2O3/c29-26(28-17-15-27(16-18-28)21-22-7-3-1-4-8-22)23-11-13-25(14-12-23)31-20-19-30-24-9-5-2-6-10-24/h1-14H,15-21H2.